The highest BCUT2D eigenvalue weighted by atomic mass is 79.9. The molecule has 1 aromatic heterocycles. The van der Waals surface area contributed by atoms with Crippen molar-refractivity contribution in [3.63, 3.8) is 0 Å². The molecule has 134 valence electrons. The van der Waals surface area contributed by atoms with Crippen LogP contribution in [0.3, 0.4) is 0 Å². The first-order valence-corrected chi connectivity index (χ1v) is 9.67. The fourth-order valence-corrected chi connectivity index (χ4v) is 4.17. The van der Waals surface area contributed by atoms with E-state index in [4.69, 9.17) is 0 Å². The summed E-state index contributed by atoms with van der Waals surface area (Å²) in [6.45, 7) is 0.616. The largest absolute Gasteiger partial charge is 0.354 e. The van der Waals surface area contributed by atoms with Crippen molar-refractivity contribution in [2.24, 2.45) is 17.8 Å². The van der Waals surface area contributed by atoms with E-state index in [1.54, 1.807) is 6.07 Å². The predicted molar refractivity (Wildman–Crippen MR) is 103 cm³/mol. The summed E-state index contributed by atoms with van der Waals surface area (Å²) < 4.78 is 2.21. The topological polar surface area (TPSA) is 64.0 Å². The number of amides is 1. The van der Waals surface area contributed by atoms with Gasteiger partial charge in [-0.3, -0.25) is 9.59 Å². The van der Waals surface area contributed by atoms with Gasteiger partial charge in [0.05, 0.1) is 5.69 Å². The summed E-state index contributed by atoms with van der Waals surface area (Å²) in [5, 5.41) is 7.32. The SMILES string of the molecule is O=C(Cn1nc(-c2ccc(Br)cc2)ccc1=O)NC[C@@H]1C[C@H]2C=C[C@H]1C2. The Morgan fingerprint density at radius 2 is 1.96 bits per heavy atom. The smallest absolute Gasteiger partial charge is 0.267 e. The van der Waals surface area contributed by atoms with E-state index in [-0.39, 0.29) is 18.0 Å². The molecule has 6 heteroatoms. The Bertz CT molecular complexity index is 904. The lowest BCUT2D eigenvalue weighted by Gasteiger charge is -2.18. The Hall–Kier alpha value is -2.21. The van der Waals surface area contributed by atoms with Crippen LogP contribution in [0.15, 0.2) is 57.8 Å². The van der Waals surface area contributed by atoms with Gasteiger partial charge in [-0.05, 0) is 48.8 Å². The van der Waals surface area contributed by atoms with Crippen LogP contribution in [0.4, 0.5) is 0 Å². The van der Waals surface area contributed by atoms with Gasteiger partial charge in [0.25, 0.3) is 5.56 Å². The number of carbonyl (C=O) groups excluding carboxylic acids is 1. The van der Waals surface area contributed by atoms with Gasteiger partial charge in [0.15, 0.2) is 0 Å². The van der Waals surface area contributed by atoms with E-state index in [0.29, 0.717) is 30.0 Å². The minimum atomic E-state index is -0.274. The summed E-state index contributed by atoms with van der Waals surface area (Å²) in [5.41, 5.74) is 1.29. The molecular weight excluding hydrogens is 394 g/mol. The average molecular weight is 414 g/mol. The Kier molecular flexibility index (Phi) is 4.76. The van der Waals surface area contributed by atoms with Gasteiger partial charge in [-0.2, -0.15) is 5.10 Å². The molecule has 1 heterocycles. The summed E-state index contributed by atoms with van der Waals surface area (Å²) in [5.74, 6) is 1.64. The molecule has 4 rings (SSSR count). The molecule has 1 saturated carbocycles. The van der Waals surface area contributed by atoms with Crippen molar-refractivity contribution in [2.75, 3.05) is 6.54 Å². The van der Waals surface area contributed by atoms with E-state index in [1.807, 2.05) is 24.3 Å². The zero-order valence-electron chi connectivity index (χ0n) is 14.3. The van der Waals surface area contributed by atoms with E-state index >= 15 is 0 Å². The summed E-state index contributed by atoms with van der Waals surface area (Å²) >= 11 is 3.40. The third kappa shape index (κ3) is 3.65. The van der Waals surface area contributed by atoms with Gasteiger partial charge < -0.3 is 5.32 Å². The maximum Gasteiger partial charge on any atom is 0.267 e. The van der Waals surface area contributed by atoms with Crippen molar-refractivity contribution in [3.8, 4) is 11.3 Å². The monoisotopic (exact) mass is 413 g/mol. The van der Waals surface area contributed by atoms with Crippen LogP contribution in [0.1, 0.15) is 12.8 Å². The quantitative estimate of drug-likeness (QED) is 0.766. The zero-order chi connectivity index (χ0) is 18.1. The summed E-state index contributed by atoms with van der Waals surface area (Å²) in [7, 11) is 0. The van der Waals surface area contributed by atoms with Crippen molar-refractivity contribution >= 4 is 21.8 Å². The number of halogens is 1. The minimum absolute atomic E-state index is 0.0557. The number of rotatable bonds is 5. The molecule has 26 heavy (non-hydrogen) atoms. The van der Waals surface area contributed by atoms with E-state index in [0.717, 1.165) is 16.5 Å². The van der Waals surface area contributed by atoms with Crippen LogP contribution in [0, 0.1) is 17.8 Å². The van der Waals surface area contributed by atoms with Crippen LogP contribution in [-0.2, 0) is 11.3 Å². The third-order valence-electron chi connectivity index (χ3n) is 5.28. The molecule has 2 aliphatic carbocycles. The van der Waals surface area contributed by atoms with E-state index < -0.39 is 0 Å². The molecular formula is C20H20BrN3O2. The van der Waals surface area contributed by atoms with Crippen molar-refractivity contribution in [1.29, 1.82) is 0 Å². The van der Waals surface area contributed by atoms with Gasteiger partial charge in [0.2, 0.25) is 5.91 Å². The first kappa shape index (κ1) is 17.2. The van der Waals surface area contributed by atoms with Crippen LogP contribution in [0.2, 0.25) is 0 Å². The second-order valence-electron chi connectivity index (χ2n) is 7.07. The number of nitrogens with zero attached hydrogens (tertiary/aromatic N) is 2. The van der Waals surface area contributed by atoms with E-state index in [9.17, 15) is 9.59 Å². The average Bonchev–Trinajstić information content (AvgIpc) is 3.26. The second kappa shape index (κ2) is 7.19. The molecule has 2 aliphatic rings. The molecule has 0 spiro atoms. The maximum absolute atomic E-state index is 12.3. The number of allylic oxidation sites excluding steroid dienone is 2. The van der Waals surface area contributed by atoms with Crippen molar-refractivity contribution < 1.29 is 4.79 Å². The van der Waals surface area contributed by atoms with Crippen LogP contribution < -0.4 is 10.9 Å². The van der Waals surface area contributed by atoms with Crippen LogP contribution in [0.25, 0.3) is 11.3 Å². The van der Waals surface area contributed by atoms with Gasteiger partial charge in [0, 0.05) is 22.6 Å². The van der Waals surface area contributed by atoms with Gasteiger partial charge in [-0.15, -0.1) is 0 Å². The first-order valence-electron chi connectivity index (χ1n) is 8.87. The van der Waals surface area contributed by atoms with Gasteiger partial charge >= 0.3 is 0 Å². The lowest BCUT2D eigenvalue weighted by atomic mass is 9.94. The van der Waals surface area contributed by atoms with Crippen LogP contribution >= 0.6 is 15.9 Å². The Morgan fingerprint density at radius 3 is 2.65 bits per heavy atom. The summed E-state index contributed by atoms with van der Waals surface area (Å²) in [6, 6.07) is 10.8. The summed E-state index contributed by atoms with van der Waals surface area (Å²) in [4.78, 5) is 24.3. The molecule has 1 N–H and O–H groups in total. The van der Waals surface area contributed by atoms with E-state index in [1.165, 1.54) is 17.2 Å². The van der Waals surface area contributed by atoms with Gasteiger partial charge in [-0.1, -0.05) is 40.2 Å². The normalized spacial score (nSPS) is 23.3. The number of nitrogens with one attached hydrogen (secondary N) is 1. The number of fused-ring (bicyclic) bond motifs is 2. The fourth-order valence-electron chi connectivity index (χ4n) is 3.90. The molecule has 0 radical (unpaired) electrons. The fraction of sp³-hybridized carbons (Fsp3) is 0.350. The summed E-state index contributed by atoms with van der Waals surface area (Å²) in [6.07, 6.45) is 6.94. The van der Waals surface area contributed by atoms with Crippen molar-refractivity contribution in [3.05, 3.63) is 63.4 Å². The standard InChI is InChI=1S/C20H20BrN3O2/c21-17-5-3-14(4-6-17)18-7-8-20(26)24(23-18)12-19(25)22-11-16-10-13-1-2-15(16)9-13/h1-8,13,15-16H,9-12H2,(H,22,25)/t13-,15-,16-/m0/s1. The van der Waals surface area contributed by atoms with E-state index in [2.05, 4.69) is 38.5 Å². The molecule has 0 unspecified atom stereocenters. The number of aromatic nitrogens is 2. The molecule has 3 atom stereocenters. The Balaban J connectivity index is 1.41. The molecule has 1 fully saturated rings. The highest BCUT2D eigenvalue weighted by Gasteiger charge is 2.35. The number of benzene rings is 1. The number of carbonyl (C=O) groups is 1. The van der Waals surface area contributed by atoms with Crippen LogP contribution in [-0.4, -0.2) is 22.2 Å². The zero-order valence-corrected chi connectivity index (χ0v) is 15.9. The number of hydrogen-bond acceptors (Lipinski definition) is 3. The predicted octanol–water partition coefficient (Wildman–Crippen LogP) is 3.00. The Morgan fingerprint density at radius 1 is 1.15 bits per heavy atom. The molecule has 5 nitrogen and oxygen atoms in total. The molecule has 1 aromatic carbocycles. The highest BCUT2D eigenvalue weighted by Crippen LogP contribution is 2.42. The van der Waals surface area contributed by atoms with Crippen LogP contribution in [0.5, 0.6) is 0 Å². The molecule has 2 aromatic rings. The molecule has 1 amide bonds. The Labute approximate surface area is 160 Å². The maximum atomic E-state index is 12.3. The van der Waals surface area contributed by atoms with Crippen molar-refractivity contribution in [2.45, 2.75) is 19.4 Å². The molecule has 2 bridgehead atoms. The highest BCUT2D eigenvalue weighted by molar-refractivity contribution is 9.10. The van der Waals surface area contributed by atoms with Gasteiger partial charge in [0.1, 0.15) is 6.54 Å². The minimum Gasteiger partial charge on any atom is -0.354 e. The third-order valence-corrected chi connectivity index (χ3v) is 5.81. The molecule has 0 saturated heterocycles. The lowest BCUT2D eigenvalue weighted by molar-refractivity contribution is -0.122. The van der Waals surface area contributed by atoms with Gasteiger partial charge in [-0.25, -0.2) is 4.68 Å². The number of hydrogen-bond donors (Lipinski definition) is 1. The first-order chi connectivity index (χ1) is 12.6. The molecule has 0 aliphatic heterocycles. The lowest BCUT2D eigenvalue weighted by Crippen LogP contribution is -2.36. The van der Waals surface area contributed by atoms with Crippen molar-refractivity contribution in [1.82, 2.24) is 15.1 Å². The second-order valence-corrected chi connectivity index (χ2v) is 7.98.